The average molecular weight is 263 g/mol. The first-order valence-corrected chi connectivity index (χ1v) is 8.44. The summed E-state index contributed by atoms with van der Waals surface area (Å²) in [6.45, 7) is 13.5. The fourth-order valence-electron chi connectivity index (χ4n) is 2.74. The third-order valence-electron chi connectivity index (χ3n) is 4.56. The Morgan fingerprint density at radius 1 is 0.526 bits per heavy atom. The maximum absolute atomic E-state index is 2.28. The van der Waals surface area contributed by atoms with Crippen LogP contribution in [0, 0.1) is 41.5 Å². The van der Waals surface area contributed by atoms with E-state index in [1.54, 1.807) is 7.39 Å². The summed E-state index contributed by atoms with van der Waals surface area (Å²) in [6.07, 6.45) is 0. The zero-order valence-electron chi connectivity index (χ0n) is 13.0. The molecule has 0 amide bonds. The monoisotopic (exact) mass is 262 g/mol. The predicted molar refractivity (Wildman–Crippen MR) is 86.3 cm³/mol. The van der Waals surface area contributed by atoms with E-state index in [9.17, 15) is 0 Å². The summed E-state index contributed by atoms with van der Waals surface area (Å²) in [5.74, 6) is 0. The van der Waals surface area contributed by atoms with Crippen LogP contribution in [0.5, 0.6) is 0 Å². The molecule has 0 N–H and O–H groups in total. The van der Waals surface area contributed by atoms with Crippen LogP contribution in [0.3, 0.4) is 0 Å². The van der Waals surface area contributed by atoms with Gasteiger partial charge in [0.2, 0.25) is 0 Å². The van der Waals surface area contributed by atoms with Gasteiger partial charge in [-0.25, -0.2) is 0 Å². The maximum atomic E-state index is 2.28. The van der Waals surface area contributed by atoms with Gasteiger partial charge in [-0.05, 0) is 41.5 Å². The van der Waals surface area contributed by atoms with Gasteiger partial charge in [-0.3, -0.25) is 0 Å². The molecule has 0 saturated heterocycles. The van der Waals surface area contributed by atoms with Crippen molar-refractivity contribution in [2.24, 2.45) is 0 Å². The molecule has 0 aliphatic carbocycles. The smallest absolute Gasteiger partial charge is 0.159 e. The summed E-state index contributed by atoms with van der Waals surface area (Å²) < 4.78 is 3.27. The zero-order valence-corrected chi connectivity index (χ0v) is 14.4. The Balaban J connectivity index is 2.54. The van der Waals surface area contributed by atoms with Gasteiger partial charge < -0.3 is 0 Å². The van der Waals surface area contributed by atoms with E-state index in [0.717, 1.165) is 0 Å². The lowest BCUT2D eigenvalue weighted by Crippen LogP contribution is -2.35. The molecule has 0 atom stereocenters. The minimum atomic E-state index is -0.393. The molecule has 0 fully saturated rings. The molecule has 0 saturated carbocycles. The van der Waals surface area contributed by atoms with Crippen LogP contribution in [0.2, 0.25) is 0 Å². The van der Waals surface area contributed by atoms with Crippen molar-refractivity contribution in [1.82, 2.24) is 0 Å². The minimum Gasteiger partial charge on any atom is -0.159 e. The van der Waals surface area contributed by atoms with Gasteiger partial charge in [-0.1, -0.05) is 57.6 Å². The predicted octanol–water partition coefficient (Wildman–Crippen LogP) is 3.19. The lowest BCUT2D eigenvalue weighted by molar-refractivity contribution is 1.32. The summed E-state index contributed by atoms with van der Waals surface area (Å²) in [4.78, 5) is 0. The van der Waals surface area contributed by atoms with E-state index < -0.39 is 20.4 Å². The van der Waals surface area contributed by atoms with Crippen LogP contribution in [0.1, 0.15) is 33.4 Å². The first-order chi connectivity index (χ1) is 8.91. The molecule has 0 nitrogen and oxygen atoms in total. The molecule has 0 aliphatic heterocycles. The van der Waals surface area contributed by atoms with Gasteiger partial charge in [0, 0.05) is 0 Å². The SMILES string of the molecule is Cc1ccc(C)[c]([Mg][c]2c(C)ccc(C)c2C)c1C. The molecule has 0 bridgehead atoms. The van der Waals surface area contributed by atoms with Gasteiger partial charge in [0.15, 0.2) is 0 Å². The molecule has 0 radical (unpaired) electrons. The molecule has 1 heteroatoms. The van der Waals surface area contributed by atoms with Gasteiger partial charge in [0.25, 0.3) is 0 Å². The minimum absolute atomic E-state index is 0.393. The Kier molecular flexibility index (Phi) is 4.37. The Labute approximate surface area is 127 Å². The lowest BCUT2D eigenvalue weighted by Gasteiger charge is -2.17. The van der Waals surface area contributed by atoms with Crippen molar-refractivity contribution in [1.29, 1.82) is 0 Å². The van der Waals surface area contributed by atoms with Crippen LogP contribution in [0.4, 0.5) is 0 Å². The van der Waals surface area contributed by atoms with Gasteiger partial charge in [-0.15, -0.1) is 0 Å². The standard InChI is InChI=1S/2C9H11.Mg/c2*1-7-4-5-8(2)9(3)6-7;/h2*4-5H,1-3H3;. The summed E-state index contributed by atoms with van der Waals surface area (Å²) in [6, 6.07) is 9.06. The fourth-order valence-corrected chi connectivity index (χ4v) is 4.97. The molecule has 0 spiro atoms. The molecule has 19 heavy (non-hydrogen) atoms. The summed E-state index contributed by atoms with van der Waals surface area (Å²) in [7, 11) is 0. The van der Waals surface area contributed by atoms with Gasteiger partial charge >= 0.3 is 20.4 Å². The second-order valence-electron chi connectivity index (χ2n) is 5.78. The second-order valence-corrected chi connectivity index (χ2v) is 7.55. The number of hydrogen-bond acceptors (Lipinski definition) is 0. The summed E-state index contributed by atoms with van der Waals surface area (Å²) in [5, 5.41) is 0. The lowest BCUT2D eigenvalue weighted by atomic mass is 10.1. The number of aryl methyl sites for hydroxylation is 4. The van der Waals surface area contributed by atoms with Crippen molar-refractivity contribution in [2.45, 2.75) is 41.5 Å². The van der Waals surface area contributed by atoms with Gasteiger partial charge in [-0.2, -0.15) is 7.39 Å². The Morgan fingerprint density at radius 2 is 0.842 bits per heavy atom. The van der Waals surface area contributed by atoms with Crippen molar-refractivity contribution in [3.05, 3.63) is 57.6 Å². The van der Waals surface area contributed by atoms with E-state index in [-0.39, 0.29) is 0 Å². The van der Waals surface area contributed by atoms with Crippen molar-refractivity contribution in [2.75, 3.05) is 0 Å². The highest BCUT2D eigenvalue weighted by atomic mass is 24.5. The van der Waals surface area contributed by atoms with E-state index in [4.69, 9.17) is 0 Å². The first-order valence-electron chi connectivity index (χ1n) is 7.03. The van der Waals surface area contributed by atoms with E-state index in [2.05, 4.69) is 65.8 Å². The van der Waals surface area contributed by atoms with E-state index in [1.807, 2.05) is 0 Å². The molecular weight excluding hydrogens is 241 g/mol. The fraction of sp³-hybridized carbons (Fsp3) is 0.333. The normalized spacial score (nSPS) is 10.4. The van der Waals surface area contributed by atoms with Crippen molar-refractivity contribution < 1.29 is 0 Å². The zero-order chi connectivity index (χ0) is 14.2. The molecule has 0 aromatic heterocycles. The van der Waals surface area contributed by atoms with Crippen LogP contribution in [0.25, 0.3) is 0 Å². The molecule has 0 heterocycles. The molecule has 0 unspecified atom stereocenters. The number of rotatable bonds is 2. The van der Waals surface area contributed by atoms with Crippen LogP contribution < -0.4 is 7.39 Å². The van der Waals surface area contributed by atoms with Crippen molar-refractivity contribution in [3.8, 4) is 0 Å². The maximum Gasteiger partial charge on any atom is 0.452 e. The topological polar surface area (TPSA) is 0 Å². The molecule has 96 valence electrons. The molecular formula is C18H22Mg. The van der Waals surface area contributed by atoms with Crippen LogP contribution in [-0.2, 0) is 0 Å². The Bertz CT molecular complexity index is 569. The van der Waals surface area contributed by atoms with Crippen LogP contribution in [-0.4, -0.2) is 20.4 Å². The molecule has 2 rings (SSSR count). The first kappa shape index (κ1) is 14.6. The highest BCUT2D eigenvalue weighted by Crippen LogP contribution is 2.09. The van der Waals surface area contributed by atoms with Crippen LogP contribution >= 0.6 is 0 Å². The van der Waals surface area contributed by atoms with Gasteiger partial charge in [0.1, 0.15) is 0 Å². The van der Waals surface area contributed by atoms with E-state index in [1.165, 1.54) is 33.4 Å². The van der Waals surface area contributed by atoms with Crippen molar-refractivity contribution >= 4 is 27.8 Å². The van der Waals surface area contributed by atoms with Gasteiger partial charge in [0.05, 0.1) is 0 Å². The van der Waals surface area contributed by atoms with Crippen LogP contribution in [0.15, 0.2) is 24.3 Å². The highest BCUT2D eigenvalue weighted by Gasteiger charge is 2.14. The molecule has 2 aromatic rings. The van der Waals surface area contributed by atoms with Crippen molar-refractivity contribution in [3.63, 3.8) is 0 Å². The third-order valence-corrected chi connectivity index (χ3v) is 7.44. The quantitative estimate of drug-likeness (QED) is 0.729. The Hall–Kier alpha value is -0.794. The Morgan fingerprint density at radius 3 is 1.21 bits per heavy atom. The summed E-state index contributed by atoms with van der Waals surface area (Å²) >= 11 is -0.393. The second kappa shape index (κ2) is 5.68. The van der Waals surface area contributed by atoms with E-state index >= 15 is 0 Å². The largest absolute Gasteiger partial charge is 0.452 e. The number of benzene rings is 2. The number of hydrogen-bond donors (Lipinski definition) is 0. The average Bonchev–Trinajstić information content (AvgIpc) is 2.38. The summed E-state index contributed by atoms with van der Waals surface area (Å²) in [5.41, 5.74) is 8.80. The molecule has 0 aliphatic rings. The third kappa shape index (κ3) is 2.87. The molecule has 2 aromatic carbocycles. The van der Waals surface area contributed by atoms with E-state index in [0.29, 0.717) is 0 Å². The highest BCUT2D eigenvalue weighted by molar-refractivity contribution is 6.69.